The van der Waals surface area contributed by atoms with Gasteiger partial charge in [-0.1, -0.05) is 60.7 Å². The van der Waals surface area contributed by atoms with Crippen LogP contribution < -0.4 is 0 Å². The number of methoxy groups -OCH3 is 1. The van der Waals surface area contributed by atoms with Crippen molar-refractivity contribution < 1.29 is 9.53 Å². The lowest BCUT2D eigenvalue weighted by Crippen LogP contribution is -2.04. The standard InChI is InChI=1S/C18H18O2/c1-14(12-15-6-4-3-5-7-15)17-10-8-16(9-11-17)13-18(19)20-2/h3-12H,13H2,1-2H3/b14-12+. The number of benzene rings is 2. The number of esters is 1. The minimum absolute atomic E-state index is 0.214. The van der Waals surface area contributed by atoms with Crippen LogP contribution in [0, 0.1) is 0 Å². The zero-order valence-electron chi connectivity index (χ0n) is 11.8. The Balaban J connectivity index is 2.13. The molecule has 0 aromatic heterocycles. The normalized spacial score (nSPS) is 11.2. The predicted molar refractivity (Wildman–Crippen MR) is 82.1 cm³/mol. The SMILES string of the molecule is COC(=O)Cc1ccc(/C(C)=C/c2ccccc2)cc1. The van der Waals surface area contributed by atoms with Gasteiger partial charge in [0, 0.05) is 0 Å². The van der Waals surface area contributed by atoms with E-state index in [0.717, 1.165) is 11.1 Å². The molecule has 2 rings (SSSR count). The molecule has 0 aliphatic carbocycles. The van der Waals surface area contributed by atoms with E-state index in [1.807, 2.05) is 42.5 Å². The summed E-state index contributed by atoms with van der Waals surface area (Å²) in [5.41, 5.74) is 4.50. The van der Waals surface area contributed by atoms with Crippen LogP contribution in [-0.4, -0.2) is 13.1 Å². The molecule has 0 heterocycles. The van der Waals surface area contributed by atoms with Crippen molar-refractivity contribution in [2.24, 2.45) is 0 Å². The van der Waals surface area contributed by atoms with Crippen molar-refractivity contribution in [2.45, 2.75) is 13.3 Å². The predicted octanol–water partition coefficient (Wildman–Crippen LogP) is 3.96. The van der Waals surface area contributed by atoms with Gasteiger partial charge in [-0.25, -0.2) is 0 Å². The van der Waals surface area contributed by atoms with Crippen LogP contribution in [0.2, 0.25) is 0 Å². The molecular weight excluding hydrogens is 248 g/mol. The molecule has 0 radical (unpaired) electrons. The van der Waals surface area contributed by atoms with Gasteiger partial charge in [-0.3, -0.25) is 4.79 Å². The third-order valence-electron chi connectivity index (χ3n) is 3.17. The molecule has 102 valence electrons. The molecule has 2 aromatic carbocycles. The van der Waals surface area contributed by atoms with Crippen LogP contribution in [0.5, 0.6) is 0 Å². The van der Waals surface area contributed by atoms with Crippen LogP contribution in [-0.2, 0) is 16.0 Å². The Bertz CT molecular complexity index is 595. The van der Waals surface area contributed by atoms with Gasteiger partial charge < -0.3 is 4.74 Å². The quantitative estimate of drug-likeness (QED) is 0.618. The van der Waals surface area contributed by atoms with E-state index in [0.29, 0.717) is 6.42 Å². The Morgan fingerprint density at radius 2 is 1.70 bits per heavy atom. The topological polar surface area (TPSA) is 26.3 Å². The molecule has 0 spiro atoms. The van der Waals surface area contributed by atoms with E-state index in [4.69, 9.17) is 0 Å². The average Bonchev–Trinajstić information content (AvgIpc) is 2.49. The summed E-state index contributed by atoms with van der Waals surface area (Å²) in [6.45, 7) is 2.09. The van der Waals surface area contributed by atoms with Crippen LogP contribution in [0.4, 0.5) is 0 Å². The summed E-state index contributed by atoms with van der Waals surface area (Å²) >= 11 is 0. The van der Waals surface area contributed by atoms with Crippen LogP contribution in [0.25, 0.3) is 11.6 Å². The Kier molecular flexibility index (Phi) is 4.72. The van der Waals surface area contributed by atoms with E-state index in [1.54, 1.807) is 0 Å². The zero-order valence-corrected chi connectivity index (χ0v) is 11.8. The van der Waals surface area contributed by atoms with Crippen molar-refractivity contribution in [1.29, 1.82) is 0 Å². The molecule has 0 atom stereocenters. The minimum Gasteiger partial charge on any atom is -0.469 e. The Morgan fingerprint density at radius 1 is 1.05 bits per heavy atom. The summed E-state index contributed by atoms with van der Waals surface area (Å²) in [6.07, 6.45) is 2.47. The molecule has 2 heteroatoms. The number of hydrogen-bond donors (Lipinski definition) is 0. The van der Waals surface area contributed by atoms with Gasteiger partial charge in [0.05, 0.1) is 13.5 Å². The Morgan fingerprint density at radius 3 is 2.30 bits per heavy atom. The maximum absolute atomic E-state index is 11.2. The van der Waals surface area contributed by atoms with E-state index in [-0.39, 0.29) is 5.97 Å². The van der Waals surface area contributed by atoms with Gasteiger partial charge >= 0.3 is 5.97 Å². The number of rotatable bonds is 4. The fraction of sp³-hybridized carbons (Fsp3) is 0.167. The average molecular weight is 266 g/mol. The molecule has 2 nitrogen and oxygen atoms in total. The molecule has 0 unspecified atom stereocenters. The smallest absolute Gasteiger partial charge is 0.309 e. The van der Waals surface area contributed by atoms with E-state index < -0.39 is 0 Å². The Labute approximate surface area is 119 Å². The number of ether oxygens (including phenoxy) is 1. The summed E-state index contributed by atoms with van der Waals surface area (Å²) in [5, 5.41) is 0. The molecular formula is C18H18O2. The van der Waals surface area contributed by atoms with Crippen LogP contribution in [0.15, 0.2) is 54.6 Å². The van der Waals surface area contributed by atoms with Gasteiger partial charge in [0.2, 0.25) is 0 Å². The second-order valence-corrected chi connectivity index (χ2v) is 4.69. The summed E-state index contributed by atoms with van der Waals surface area (Å²) in [4.78, 5) is 11.2. The first-order valence-corrected chi connectivity index (χ1v) is 6.58. The van der Waals surface area contributed by atoms with Gasteiger partial charge in [0.25, 0.3) is 0 Å². The molecule has 0 saturated carbocycles. The molecule has 0 bridgehead atoms. The molecule has 0 aliphatic rings. The molecule has 0 aliphatic heterocycles. The maximum atomic E-state index is 11.2. The van der Waals surface area contributed by atoms with Crippen molar-refractivity contribution in [3.63, 3.8) is 0 Å². The van der Waals surface area contributed by atoms with Gasteiger partial charge in [0.1, 0.15) is 0 Å². The van der Waals surface area contributed by atoms with E-state index in [1.165, 1.54) is 18.2 Å². The van der Waals surface area contributed by atoms with Gasteiger partial charge in [0.15, 0.2) is 0 Å². The Hall–Kier alpha value is -2.35. The first kappa shape index (κ1) is 14.1. The van der Waals surface area contributed by atoms with Crippen LogP contribution >= 0.6 is 0 Å². The lowest BCUT2D eigenvalue weighted by atomic mass is 10.0. The minimum atomic E-state index is -0.214. The summed E-state index contributed by atoms with van der Waals surface area (Å²) in [7, 11) is 1.41. The number of carbonyl (C=O) groups is 1. The maximum Gasteiger partial charge on any atom is 0.309 e. The van der Waals surface area contributed by atoms with E-state index in [2.05, 4.69) is 29.9 Å². The highest BCUT2D eigenvalue weighted by Crippen LogP contribution is 2.18. The fourth-order valence-corrected chi connectivity index (χ4v) is 2.01. The molecule has 0 amide bonds. The summed E-state index contributed by atoms with van der Waals surface area (Å²) in [6, 6.07) is 18.2. The largest absolute Gasteiger partial charge is 0.469 e. The molecule has 20 heavy (non-hydrogen) atoms. The molecule has 0 fully saturated rings. The number of carbonyl (C=O) groups excluding carboxylic acids is 1. The monoisotopic (exact) mass is 266 g/mol. The lowest BCUT2D eigenvalue weighted by molar-refractivity contribution is -0.139. The highest BCUT2D eigenvalue weighted by Gasteiger charge is 2.03. The van der Waals surface area contributed by atoms with Gasteiger partial charge in [-0.2, -0.15) is 0 Å². The first-order valence-electron chi connectivity index (χ1n) is 6.58. The molecule has 0 saturated heterocycles. The second kappa shape index (κ2) is 6.71. The second-order valence-electron chi connectivity index (χ2n) is 4.69. The number of hydrogen-bond acceptors (Lipinski definition) is 2. The fourth-order valence-electron chi connectivity index (χ4n) is 2.01. The number of allylic oxidation sites excluding steroid dienone is 1. The molecule has 0 N–H and O–H groups in total. The highest BCUT2D eigenvalue weighted by molar-refractivity contribution is 5.80. The van der Waals surface area contributed by atoms with Crippen LogP contribution in [0.1, 0.15) is 23.6 Å². The molecule has 2 aromatic rings. The summed E-state index contributed by atoms with van der Waals surface area (Å²) < 4.78 is 4.66. The summed E-state index contributed by atoms with van der Waals surface area (Å²) in [5.74, 6) is -0.214. The first-order chi connectivity index (χ1) is 9.69. The van der Waals surface area contributed by atoms with Crippen molar-refractivity contribution in [2.75, 3.05) is 7.11 Å². The van der Waals surface area contributed by atoms with Crippen molar-refractivity contribution >= 4 is 17.6 Å². The van der Waals surface area contributed by atoms with Crippen molar-refractivity contribution in [3.8, 4) is 0 Å². The highest BCUT2D eigenvalue weighted by atomic mass is 16.5. The van der Waals surface area contributed by atoms with Crippen molar-refractivity contribution in [1.82, 2.24) is 0 Å². The third-order valence-corrected chi connectivity index (χ3v) is 3.17. The van der Waals surface area contributed by atoms with Crippen molar-refractivity contribution in [3.05, 3.63) is 71.3 Å². The van der Waals surface area contributed by atoms with E-state index >= 15 is 0 Å². The third kappa shape index (κ3) is 3.82. The van der Waals surface area contributed by atoms with Gasteiger partial charge in [-0.15, -0.1) is 0 Å². The van der Waals surface area contributed by atoms with E-state index in [9.17, 15) is 4.79 Å². The zero-order chi connectivity index (χ0) is 14.4. The van der Waals surface area contributed by atoms with Crippen LogP contribution in [0.3, 0.4) is 0 Å². The lowest BCUT2D eigenvalue weighted by Gasteiger charge is -2.04. The van der Waals surface area contributed by atoms with Gasteiger partial charge in [-0.05, 0) is 29.2 Å².